The quantitative estimate of drug-likeness (QED) is 0.0516. The average molecular weight is 692 g/mol. The number of amides is 3. The van der Waals surface area contributed by atoms with Crippen LogP contribution in [0.1, 0.15) is 48.2 Å². The number of nitrogens with one attached hydrogen (secondary N) is 3. The van der Waals surface area contributed by atoms with Gasteiger partial charge in [0, 0.05) is 39.2 Å². The summed E-state index contributed by atoms with van der Waals surface area (Å²) in [6.07, 6.45) is 1.64. The molecule has 5 rings (SSSR count). The smallest absolute Gasteiger partial charge is 0.272 e. The lowest BCUT2D eigenvalue weighted by atomic mass is 10.0. The third kappa shape index (κ3) is 9.49. The van der Waals surface area contributed by atoms with E-state index in [-0.39, 0.29) is 17.3 Å². The Labute approximate surface area is 291 Å². The fraction of sp³-hybridized carbons (Fsp3) is 0.135. The monoisotopic (exact) mass is 691 g/mol. The Morgan fingerprint density at radius 1 is 0.878 bits per heavy atom. The Morgan fingerprint density at radius 2 is 1.59 bits per heavy atom. The van der Waals surface area contributed by atoms with Crippen LogP contribution >= 0.6 is 23.1 Å². The molecule has 5 aromatic rings. The van der Waals surface area contributed by atoms with E-state index in [9.17, 15) is 24.5 Å². The highest BCUT2D eigenvalue weighted by Gasteiger charge is 2.19. The Hall–Kier alpha value is -5.59. The van der Waals surface area contributed by atoms with Crippen molar-refractivity contribution in [3.8, 4) is 11.3 Å². The number of rotatable bonds is 12. The Balaban J connectivity index is 1.22. The zero-order valence-electron chi connectivity index (χ0n) is 26.9. The first-order valence-corrected chi connectivity index (χ1v) is 17.1. The Kier molecular flexibility index (Phi) is 11.3. The number of thioether (sulfide) groups is 1. The lowest BCUT2D eigenvalue weighted by Gasteiger charge is -2.13. The van der Waals surface area contributed by atoms with Crippen molar-refractivity contribution >= 4 is 63.4 Å². The number of non-ortho nitro benzene ring substituents is 1. The highest BCUT2D eigenvalue weighted by molar-refractivity contribution is 8.00. The number of carbonyl (C=O) groups is 3. The van der Waals surface area contributed by atoms with Gasteiger partial charge >= 0.3 is 0 Å². The molecule has 0 aliphatic rings. The summed E-state index contributed by atoms with van der Waals surface area (Å²) in [7, 11) is 0. The maximum absolute atomic E-state index is 13.4. The minimum atomic E-state index is -0.488. The van der Waals surface area contributed by atoms with E-state index in [0.29, 0.717) is 33.6 Å². The molecule has 3 N–H and O–H groups in total. The third-order valence-corrected chi connectivity index (χ3v) is 9.19. The van der Waals surface area contributed by atoms with E-state index in [1.54, 1.807) is 79.0 Å². The predicted molar refractivity (Wildman–Crippen MR) is 196 cm³/mol. The third-order valence-electron chi connectivity index (χ3n) is 7.32. The minimum Gasteiger partial charge on any atom is -0.321 e. The number of aromatic nitrogens is 1. The first-order valence-electron chi connectivity index (χ1n) is 15.3. The summed E-state index contributed by atoms with van der Waals surface area (Å²) in [5, 5.41) is 21.2. The molecule has 0 saturated carbocycles. The topological polar surface area (TPSA) is 143 Å². The average Bonchev–Trinajstić information content (AvgIpc) is 3.58. The number of anilines is 2. The number of benzene rings is 4. The van der Waals surface area contributed by atoms with Crippen molar-refractivity contribution in [1.29, 1.82) is 0 Å². The van der Waals surface area contributed by atoms with Gasteiger partial charge in [-0.3, -0.25) is 24.5 Å². The van der Waals surface area contributed by atoms with Gasteiger partial charge in [0.05, 0.1) is 15.9 Å². The number of carbonyl (C=O) groups excluding carboxylic acids is 3. The normalized spacial score (nSPS) is 11.9. The highest BCUT2D eigenvalue weighted by Crippen LogP contribution is 2.29. The summed E-state index contributed by atoms with van der Waals surface area (Å²) in [5.41, 5.74) is 4.03. The van der Waals surface area contributed by atoms with Crippen molar-refractivity contribution in [1.82, 2.24) is 10.3 Å². The van der Waals surface area contributed by atoms with Crippen LogP contribution < -0.4 is 16.0 Å². The molecular weight excluding hydrogens is 659 g/mol. The first-order chi connectivity index (χ1) is 23.5. The molecule has 1 heterocycles. The standard InChI is InChI=1S/C37H33N5O5S2/c1-23(2)26-14-12-25(13-15-26)20-32(39-35(44)27-8-5-4-6-9-27)36(45)38-29-16-18-31(19-17-29)49-24(3)34(43)41-37-40-33(22-48-37)28-10-7-11-30(21-28)42(46)47/h4-24H,1-3H3,(H,38,45)(H,39,44)(H,40,41,43)/b32-20-. The number of nitro benzene ring substituents is 1. The van der Waals surface area contributed by atoms with Gasteiger partial charge in [-0.05, 0) is 66.4 Å². The van der Waals surface area contributed by atoms with E-state index in [2.05, 4.69) is 34.8 Å². The second-order valence-corrected chi connectivity index (χ2v) is 13.5. The van der Waals surface area contributed by atoms with Crippen molar-refractivity contribution in [3.05, 3.63) is 141 Å². The van der Waals surface area contributed by atoms with Gasteiger partial charge < -0.3 is 16.0 Å². The molecule has 0 fully saturated rings. The molecule has 0 aliphatic heterocycles. The summed E-state index contributed by atoms with van der Waals surface area (Å²) in [5.74, 6) is -0.790. The van der Waals surface area contributed by atoms with Crippen molar-refractivity contribution in [2.45, 2.75) is 36.8 Å². The number of nitrogens with zero attached hydrogens (tertiary/aromatic N) is 2. The Bertz CT molecular complexity index is 1990. The van der Waals surface area contributed by atoms with Gasteiger partial charge in [-0.25, -0.2) is 4.98 Å². The lowest BCUT2D eigenvalue weighted by molar-refractivity contribution is -0.384. The largest absolute Gasteiger partial charge is 0.321 e. The van der Waals surface area contributed by atoms with Gasteiger partial charge in [0.1, 0.15) is 5.70 Å². The van der Waals surface area contributed by atoms with Crippen molar-refractivity contribution in [3.63, 3.8) is 0 Å². The summed E-state index contributed by atoms with van der Waals surface area (Å²) in [6, 6.07) is 29.7. The zero-order valence-corrected chi connectivity index (χ0v) is 28.5. The second-order valence-electron chi connectivity index (χ2n) is 11.3. The van der Waals surface area contributed by atoms with Gasteiger partial charge in [0.15, 0.2) is 5.13 Å². The molecule has 0 spiro atoms. The molecule has 10 nitrogen and oxygen atoms in total. The van der Waals surface area contributed by atoms with E-state index in [1.165, 1.54) is 35.2 Å². The number of thiazole rings is 1. The van der Waals surface area contributed by atoms with Crippen LogP contribution in [-0.2, 0) is 9.59 Å². The summed E-state index contributed by atoms with van der Waals surface area (Å²) in [4.78, 5) is 55.2. The molecule has 0 saturated heterocycles. The molecule has 4 aromatic carbocycles. The second kappa shape index (κ2) is 16.0. The number of nitro groups is 1. The molecule has 1 unspecified atom stereocenters. The first kappa shape index (κ1) is 34.7. The highest BCUT2D eigenvalue weighted by atomic mass is 32.2. The van der Waals surface area contributed by atoms with Crippen LogP contribution in [-0.4, -0.2) is 32.9 Å². The van der Waals surface area contributed by atoms with Gasteiger partial charge in [-0.2, -0.15) is 0 Å². The summed E-state index contributed by atoms with van der Waals surface area (Å²) < 4.78 is 0. The molecular formula is C37H33N5O5S2. The fourth-order valence-corrected chi connectivity index (χ4v) is 6.20. The van der Waals surface area contributed by atoms with E-state index < -0.39 is 22.0 Å². The maximum atomic E-state index is 13.4. The summed E-state index contributed by atoms with van der Waals surface area (Å²) in [6.45, 7) is 5.98. The van der Waals surface area contributed by atoms with E-state index in [4.69, 9.17) is 0 Å². The number of hydrogen-bond acceptors (Lipinski definition) is 8. The summed E-state index contributed by atoms with van der Waals surface area (Å²) >= 11 is 2.56. The Morgan fingerprint density at radius 3 is 2.27 bits per heavy atom. The van der Waals surface area contributed by atoms with Crippen molar-refractivity contribution in [2.75, 3.05) is 10.6 Å². The van der Waals surface area contributed by atoms with E-state index >= 15 is 0 Å². The van der Waals surface area contributed by atoms with Crippen LogP contribution in [0.4, 0.5) is 16.5 Å². The fourth-order valence-electron chi connectivity index (χ4n) is 4.61. The van der Waals surface area contributed by atoms with Crippen LogP contribution in [0.15, 0.2) is 119 Å². The van der Waals surface area contributed by atoms with Crippen LogP contribution in [0.5, 0.6) is 0 Å². The van der Waals surface area contributed by atoms with Crippen LogP contribution in [0.2, 0.25) is 0 Å². The number of hydrogen-bond donors (Lipinski definition) is 3. The van der Waals surface area contributed by atoms with Crippen LogP contribution in [0.25, 0.3) is 17.3 Å². The maximum Gasteiger partial charge on any atom is 0.272 e. The van der Waals surface area contributed by atoms with Crippen LogP contribution in [0.3, 0.4) is 0 Å². The van der Waals surface area contributed by atoms with Gasteiger partial charge in [0.2, 0.25) is 5.91 Å². The zero-order chi connectivity index (χ0) is 34.9. The van der Waals surface area contributed by atoms with Gasteiger partial charge in [0.25, 0.3) is 17.5 Å². The molecule has 248 valence electrons. The molecule has 12 heteroatoms. The molecule has 1 aromatic heterocycles. The van der Waals surface area contributed by atoms with Crippen molar-refractivity contribution < 1.29 is 19.3 Å². The van der Waals surface area contributed by atoms with Gasteiger partial charge in [-0.1, -0.05) is 68.4 Å². The molecule has 0 bridgehead atoms. The SMILES string of the molecule is CC(Sc1ccc(NC(=O)/C(=C/c2ccc(C(C)C)cc2)NC(=O)c2ccccc2)cc1)C(=O)Nc1nc(-c2cccc([N+](=O)[O-])c2)cs1. The lowest BCUT2D eigenvalue weighted by Crippen LogP contribution is -2.30. The predicted octanol–water partition coefficient (Wildman–Crippen LogP) is 8.37. The minimum absolute atomic E-state index is 0.0363. The molecule has 3 amide bonds. The molecule has 0 radical (unpaired) electrons. The molecule has 49 heavy (non-hydrogen) atoms. The van der Waals surface area contributed by atoms with Crippen LogP contribution in [0, 0.1) is 10.1 Å². The van der Waals surface area contributed by atoms with E-state index in [0.717, 1.165) is 16.0 Å². The van der Waals surface area contributed by atoms with Crippen molar-refractivity contribution in [2.24, 2.45) is 0 Å². The molecule has 1 atom stereocenters. The molecule has 0 aliphatic carbocycles. The van der Waals surface area contributed by atoms with E-state index in [1.807, 2.05) is 30.3 Å². The van der Waals surface area contributed by atoms with Gasteiger partial charge in [-0.15, -0.1) is 23.1 Å².